The molecule has 0 aliphatic carbocycles. The first-order valence-electron chi connectivity index (χ1n) is 7.13. The van der Waals surface area contributed by atoms with Crippen molar-refractivity contribution in [3.63, 3.8) is 0 Å². The summed E-state index contributed by atoms with van der Waals surface area (Å²) in [6.45, 7) is 1.61. The number of hydrogen-bond acceptors (Lipinski definition) is 4. The maximum absolute atomic E-state index is 11.7. The molecule has 0 aromatic carbocycles. The summed E-state index contributed by atoms with van der Waals surface area (Å²) in [7, 11) is 3.55. The molecule has 1 aliphatic rings. The van der Waals surface area contributed by atoms with Gasteiger partial charge in [0.1, 0.15) is 5.82 Å². The first-order chi connectivity index (χ1) is 9.97. The second kappa shape index (κ2) is 6.56. The number of carboxylic acid groups (broad SMARTS) is 1. The third-order valence-corrected chi connectivity index (χ3v) is 3.85. The monoisotopic (exact) mass is 291 g/mol. The quantitative estimate of drug-likeness (QED) is 0.909. The molecular weight excluding hydrogens is 270 g/mol. The van der Waals surface area contributed by atoms with Crippen molar-refractivity contribution in [1.29, 1.82) is 0 Å². The molecule has 0 bridgehead atoms. The first kappa shape index (κ1) is 15.3. The molecule has 0 radical (unpaired) electrons. The summed E-state index contributed by atoms with van der Waals surface area (Å²) >= 11 is 0. The molecule has 1 aromatic rings. The highest BCUT2D eigenvalue weighted by atomic mass is 16.4. The van der Waals surface area contributed by atoms with Crippen LogP contribution in [-0.2, 0) is 4.79 Å². The highest BCUT2D eigenvalue weighted by Gasteiger charge is 2.23. The van der Waals surface area contributed by atoms with Gasteiger partial charge in [-0.3, -0.25) is 4.79 Å². The molecule has 1 amide bonds. The van der Waals surface area contributed by atoms with Gasteiger partial charge in [-0.25, -0.2) is 9.78 Å². The van der Waals surface area contributed by atoms with E-state index in [1.807, 2.05) is 6.07 Å². The Labute approximate surface area is 124 Å². The number of rotatable bonds is 4. The van der Waals surface area contributed by atoms with Crippen molar-refractivity contribution in [2.75, 3.05) is 32.1 Å². The molecule has 1 aliphatic heterocycles. The fraction of sp³-hybridized carbons (Fsp3) is 0.533. The molecule has 114 valence electrons. The highest BCUT2D eigenvalue weighted by molar-refractivity contribution is 5.85. The average Bonchev–Trinajstić information content (AvgIpc) is 2.48. The van der Waals surface area contributed by atoms with Crippen LogP contribution in [0.25, 0.3) is 0 Å². The van der Waals surface area contributed by atoms with Crippen LogP contribution in [0.4, 0.5) is 5.82 Å². The van der Waals surface area contributed by atoms with Gasteiger partial charge < -0.3 is 14.9 Å². The molecular formula is C15H21N3O3. The van der Waals surface area contributed by atoms with E-state index < -0.39 is 5.97 Å². The molecule has 0 atom stereocenters. The van der Waals surface area contributed by atoms with Gasteiger partial charge in [0.2, 0.25) is 5.91 Å². The van der Waals surface area contributed by atoms with Crippen molar-refractivity contribution in [3.05, 3.63) is 23.9 Å². The molecule has 2 heterocycles. The van der Waals surface area contributed by atoms with Crippen LogP contribution in [0, 0.1) is 5.92 Å². The summed E-state index contributed by atoms with van der Waals surface area (Å²) < 4.78 is 0. The summed E-state index contributed by atoms with van der Waals surface area (Å²) in [4.78, 5) is 30.5. The lowest BCUT2D eigenvalue weighted by atomic mass is 9.93. The Morgan fingerprint density at radius 1 is 1.33 bits per heavy atom. The van der Waals surface area contributed by atoms with Crippen LogP contribution in [0.2, 0.25) is 0 Å². The van der Waals surface area contributed by atoms with Crippen LogP contribution in [0.3, 0.4) is 0 Å². The Morgan fingerprint density at radius 2 is 2.00 bits per heavy atom. The fourth-order valence-electron chi connectivity index (χ4n) is 2.51. The lowest BCUT2D eigenvalue weighted by Gasteiger charge is -2.33. The Hall–Kier alpha value is -2.11. The number of hydrogen-bond donors (Lipinski definition) is 1. The van der Waals surface area contributed by atoms with Gasteiger partial charge in [-0.05, 0) is 30.9 Å². The SMILES string of the molecule is CN(C)C(=O)CC1CCN(c2cccc(C(=O)O)n2)CC1. The predicted octanol–water partition coefficient (Wildman–Crippen LogP) is 1.47. The zero-order chi connectivity index (χ0) is 15.4. The number of piperidine rings is 1. The number of aromatic nitrogens is 1. The van der Waals surface area contributed by atoms with Crippen molar-refractivity contribution in [3.8, 4) is 0 Å². The third kappa shape index (κ3) is 3.93. The van der Waals surface area contributed by atoms with E-state index >= 15 is 0 Å². The van der Waals surface area contributed by atoms with Crippen LogP contribution < -0.4 is 4.90 Å². The van der Waals surface area contributed by atoms with Crippen LogP contribution >= 0.6 is 0 Å². The zero-order valence-corrected chi connectivity index (χ0v) is 12.5. The lowest BCUT2D eigenvalue weighted by molar-refractivity contribution is -0.129. The van der Waals surface area contributed by atoms with Gasteiger partial charge in [0.05, 0.1) is 0 Å². The number of aromatic carboxylic acids is 1. The average molecular weight is 291 g/mol. The number of amides is 1. The first-order valence-corrected chi connectivity index (χ1v) is 7.13. The van der Waals surface area contributed by atoms with Gasteiger partial charge in [-0.15, -0.1) is 0 Å². The Bertz CT molecular complexity index is 523. The maximum Gasteiger partial charge on any atom is 0.354 e. The topological polar surface area (TPSA) is 73.7 Å². The summed E-state index contributed by atoms with van der Waals surface area (Å²) in [6.07, 6.45) is 2.44. The van der Waals surface area contributed by atoms with Crippen LogP contribution in [-0.4, -0.2) is 54.1 Å². The Morgan fingerprint density at radius 3 is 2.57 bits per heavy atom. The molecule has 2 rings (SSSR count). The summed E-state index contributed by atoms with van der Waals surface area (Å²) in [6, 6.07) is 5.04. The molecule has 0 unspecified atom stereocenters. The van der Waals surface area contributed by atoms with Gasteiger partial charge >= 0.3 is 5.97 Å². The maximum atomic E-state index is 11.7. The van der Waals surface area contributed by atoms with Crippen molar-refractivity contribution >= 4 is 17.7 Å². The normalized spacial score (nSPS) is 15.8. The molecule has 0 saturated carbocycles. The number of pyridine rings is 1. The molecule has 21 heavy (non-hydrogen) atoms. The lowest BCUT2D eigenvalue weighted by Crippen LogP contribution is -2.36. The summed E-state index contributed by atoms with van der Waals surface area (Å²) in [5, 5.41) is 8.98. The smallest absolute Gasteiger partial charge is 0.354 e. The number of carboxylic acids is 1. The van der Waals surface area contributed by atoms with Crippen LogP contribution in [0.1, 0.15) is 29.8 Å². The molecule has 0 spiro atoms. The number of nitrogens with zero attached hydrogens (tertiary/aromatic N) is 3. The highest BCUT2D eigenvalue weighted by Crippen LogP contribution is 2.24. The fourth-order valence-corrected chi connectivity index (χ4v) is 2.51. The van der Waals surface area contributed by atoms with Crippen molar-refractivity contribution < 1.29 is 14.7 Å². The number of anilines is 1. The van der Waals surface area contributed by atoms with Gasteiger partial charge in [0.25, 0.3) is 0 Å². The van der Waals surface area contributed by atoms with Crippen LogP contribution in [0.15, 0.2) is 18.2 Å². The minimum absolute atomic E-state index is 0.0670. The van der Waals surface area contributed by atoms with E-state index in [0.29, 0.717) is 18.2 Å². The molecule has 1 fully saturated rings. The summed E-state index contributed by atoms with van der Waals surface area (Å²) in [5.74, 6) is 0.258. The predicted molar refractivity (Wildman–Crippen MR) is 79.4 cm³/mol. The second-order valence-corrected chi connectivity index (χ2v) is 5.61. The molecule has 1 N–H and O–H groups in total. The Kier molecular flexibility index (Phi) is 4.77. The zero-order valence-electron chi connectivity index (χ0n) is 12.5. The van der Waals surface area contributed by atoms with E-state index in [1.54, 1.807) is 25.1 Å². The minimum Gasteiger partial charge on any atom is -0.477 e. The van der Waals surface area contributed by atoms with E-state index in [2.05, 4.69) is 9.88 Å². The number of carbonyl (C=O) groups excluding carboxylic acids is 1. The van der Waals surface area contributed by atoms with E-state index in [1.165, 1.54) is 6.07 Å². The molecule has 6 nitrogen and oxygen atoms in total. The van der Waals surface area contributed by atoms with E-state index in [9.17, 15) is 9.59 Å². The van der Waals surface area contributed by atoms with E-state index in [4.69, 9.17) is 5.11 Å². The second-order valence-electron chi connectivity index (χ2n) is 5.61. The number of carbonyl (C=O) groups is 2. The van der Waals surface area contributed by atoms with E-state index in [0.717, 1.165) is 25.9 Å². The van der Waals surface area contributed by atoms with Crippen molar-refractivity contribution in [2.24, 2.45) is 5.92 Å². The van der Waals surface area contributed by atoms with E-state index in [-0.39, 0.29) is 11.6 Å². The van der Waals surface area contributed by atoms with Gasteiger partial charge in [-0.1, -0.05) is 6.07 Å². The third-order valence-electron chi connectivity index (χ3n) is 3.85. The van der Waals surface area contributed by atoms with Gasteiger partial charge in [0.15, 0.2) is 5.69 Å². The largest absolute Gasteiger partial charge is 0.477 e. The molecule has 1 aromatic heterocycles. The van der Waals surface area contributed by atoms with Crippen LogP contribution in [0.5, 0.6) is 0 Å². The van der Waals surface area contributed by atoms with Gasteiger partial charge in [-0.2, -0.15) is 0 Å². The molecule has 6 heteroatoms. The van der Waals surface area contributed by atoms with Gasteiger partial charge in [0, 0.05) is 33.6 Å². The standard InChI is InChI=1S/C15H21N3O3/c1-17(2)14(19)10-11-6-8-18(9-7-11)13-5-3-4-12(16-13)15(20)21/h3-5,11H,6-10H2,1-2H3,(H,20,21). The van der Waals surface area contributed by atoms with Crippen molar-refractivity contribution in [1.82, 2.24) is 9.88 Å². The Balaban J connectivity index is 1.93. The summed E-state index contributed by atoms with van der Waals surface area (Å²) in [5.41, 5.74) is 0.0670. The minimum atomic E-state index is -1.01. The molecule has 1 saturated heterocycles. The van der Waals surface area contributed by atoms with Crippen molar-refractivity contribution in [2.45, 2.75) is 19.3 Å².